The topological polar surface area (TPSA) is 77.1 Å². The predicted molar refractivity (Wildman–Crippen MR) is 84.8 cm³/mol. The van der Waals surface area contributed by atoms with Crippen molar-refractivity contribution >= 4 is 5.91 Å². The van der Waals surface area contributed by atoms with Crippen LogP contribution in [-0.4, -0.2) is 31.0 Å². The Morgan fingerprint density at radius 3 is 2.43 bits per heavy atom. The van der Waals surface area contributed by atoms with E-state index in [1.807, 2.05) is 12.1 Å². The average molecular weight is 305 g/mol. The van der Waals surface area contributed by atoms with E-state index in [0.29, 0.717) is 35.6 Å². The fraction of sp³-hybridized carbons (Fsp3) is 0.167. The second kappa shape index (κ2) is 7.63. The maximum Gasteiger partial charge on any atom is 0.253 e. The Hall–Kier alpha value is -3.31. The molecule has 114 valence electrons. The van der Waals surface area contributed by atoms with E-state index in [2.05, 4.69) is 0 Å². The number of nitrogens with zero attached hydrogens (tertiary/aromatic N) is 3. The summed E-state index contributed by atoms with van der Waals surface area (Å²) in [6.45, 7) is 0.739. The van der Waals surface area contributed by atoms with Crippen LogP contribution >= 0.6 is 0 Å². The van der Waals surface area contributed by atoms with Crippen LogP contribution in [0, 0.1) is 22.7 Å². The van der Waals surface area contributed by atoms with E-state index in [0.717, 1.165) is 0 Å². The van der Waals surface area contributed by atoms with Crippen LogP contribution in [0.2, 0.25) is 0 Å². The van der Waals surface area contributed by atoms with E-state index < -0.39 is 0 Å². The Labute approximate surface area is 134 Å². The van der Waals surface area contributed by atoms with E-state index in [9.17, 15) is 4.79 Å². The van der Waals surface area contributed by atoms with E-state index in [1.54, 1.807) is 60.5 Å². The number of benzene rings is 2. The summed E-state index contributed by atoms with van der Waals surface area (Å²) < 4.78 is 5.55. The molecule has 0 spiro atoms. The van der Waals surface area contributed by atoms with E-state index in [-0.39, 0.29) is 5.91 Å². The van der Waals surface area contributed by atoms with Gasteiger partial charge in [-0.1, -0.05) is 6.07 Å². The van der Waals surface area contributed by atoms with E-state index in [4.69, 9.17) is 15.3 Å². The first-order valence-corrected chi connectivity index (χ1v) is 7.02. The molecule has 0 aliphatic carbocycles. The van der Waals surface area contributed by atoms with Gasteiger partial charge in [-0.3, -0.25) is 4.79 Å². The molecule has 0 aromatic heterocycles. The first kappa shape index (κ1) is 16.1. The third-order valence-corrected chi connectivity index (χ3v) is 3.27. The molecule has 0 saturated carbocycles. The number of nitriles is 2. The molecule has 2 aromatic rings. The molecule has 23 heavy (non-hydrogen) atoms. The molecule has 2 rings (SSSR count). The summed E-state index contributed by atoms with van der Waals surface area (Å²) in [5.41, 5.74) is 1.58. The van der Waals surface area contributed by atoms with Crippen molar-refractivity contribution in [2.24, 2.45) is 0 Å². The summed E-state index contributed by atoms with van der Waals surface area (Å²) in [5, 5.41) is 17.6. The van der Waals surface area contributed by atoms with Gasteiger partial charge in [0.1, 0.15) is 12.4 Å². The summed E-state index contributed by atoms with van der Waals surface area (Å²) in [4.78, 5) is 13.8. The summed E-state index contributed by atoms with van der Waals surface area (Å²) >= 11 is 0. The molecule has 0 bridgehead atoms. The van der Waals surface area contributed by atoms with Gasteiger partial charge in [0.2, 0.25) is 0 Å². The highest BCUT2D eigenvalue weighted by molar-refractivity contribution is 5.94. The third-order valence-electron chi connectivity index (χ3n) is 3.27. The van der Waals surface area contributed by atoms with Crippen LogP contribution in [0.25, 0.3) is 0 Å². The Bertz CT molecular complexity index is 770. The minimum atomic E-state index is -0.135. The minimum absolute atomic E-state index is 0.135. The molecule has 0 N–H and O–H groups in total. The van der Waals surface area contributed by atoms with Crippen LogP contribution in [0.4, 0.5) is 0 Å². The number of carbonyl (C=O) groups excluding carboxylic acids is 1. The van der Waals surface area contributed by atoms with E-state index in [1.165, 1.54) is 0 Å². The van der Waals surface area contributed by atoms with E-state index >= 15 is 0 Å². The molecule has 2 aromatic carbocycles. The largest absolute Gasteiger partial charge is 0.492 e. The summed E-state index contributed by atoms with van der Waals surface area (Å²) in [5.74, 6) is 0.465. The van der Waals surface area contributed by atoms with Crippen LogP contribution in [0.5, 0.6) is 5.75 Å². The quantitative estimate of drug-likeness (QED) is 0.850. The molecule has 0 saturated heterocycles. The number of likely N-dealkylation sites (N-methyl/N-ethyl adjacent to an activating group) is 1. The second-order valence-electron chi connectivity index (χ2n) is 4.90. The van der Waals surface area contributed by atoms with Gasteiger partial charge in [0.05, 0.1) is 29.8 Å². The lowest BCUT2D eigenvalue weighted by atomic mass is 10.1. The Morgan fingerprint density at radius 2 is 1.78 bits per heavy atom. The Balaban J connectivity index is 1.88. The SMILES string of the molecule is CN(CCOc1cccc(C#N)c1)C(=O)c1ccc(C#N)cc1. The van der Waals surface area contributed by atoms with Crippen molar-refractivity contribution in [1.82, 2.24) is 4.90 Å². The van der Waals surface area contributed by atoms with Crippen molar-refractivity contribution in [3.8, 4) is 17.9 Å². The highest BCUT2D eigenvalue weighted by Crippen LogP contribution is 2.12. The molecular weight excluding hydrogens is 290 g/mol. The summed E-state index contributed by atoms with van der Waals surface area (Å²) in [6, 6.07) is 17.4. The highest BCUT2D eigenvalue weighted by Gasteiger charge is 2.11. The smallest absolute Gasteiger partial charge is 0.253 e. The summed E-state index contributed by atoms with van der Waals surface area (Å²) in [6.07, 6.45) is 0. The minimum Gasteiger partial charge on any atom is -0.492 e. The molecule has 0 aliphatic rings. The molecule has 5 heteroatoms. The maximum atomic E-state index is 12.2. The number of hydrogen-bond acceptors (Lipinski definition) is 4. The van der Waals surface area contributed by atoms with Crippen molar-refractivity contribution < 1.29 is 9.53 Å². The molecule has 0 atom stereocenters. The van der Waals surface area contributed by atoms with Gasteiger partial charge in [0.15, 0.2) is 0 Å². The van der Waals surface area contributed by atoms with Crippen molar-refractivity contribution in [3.05, 3.63) is 65.2 Å². The highest BCUT2D eigenvalue weighted by atomic mass is 16.5. The lowest BCUT2D eigenvalue weighted by molar-refractivity contribution is 0.0774. The van der Waals surface area contributed by atoms with Gasteiger partial charge in [-0.05, 0) is 42.5 Å². The molecule has 0 aliphatic heterocycles. The number of ether oxygens (including phenoxy) is 1. The standard InChI is InChI=1S/C18H15N3O2/c1-21(18(22)16-7-5-14(12-19)6-8-16)9-10-23-17-4-2-3-15(11-17)13-20/h2-8,11H,9-10H2,1H3. The van der Waals surface area contributed by atoms with Gasteiger partial charge in [-0.25, -0.2) is 0 Å². The lowest BCUT2D eigenvalue weighted by Crippen LogP contribution is -2.30. The second-order valence-corrected chi connectivity index (χ2v) is 4.90. The predicted octanol–water partition coefficient (Wildman–Crippen LogP) is 2.58. The molecule has 0 fully saturated rings. The van der Waals surface area contributed by atoms with Crippen LogP contribution in [0.15, 0.2) is 48.5 Å². The first-order valence-electron chi connectivity index (χ1n) is 7.02. The summed E-state index contributed by atoms with van der Waals surface area (Å²) in [7, 11) is 1.69. The molecule has 5 nitrogen and oxygen atoms in total. The fourth-order valence-corrected chi connectivity index (χ4v) is 1.97. The molecule has 1 amide bonds. The lowest BCUT2D eigenvalue weighted by Gasteiger charge is -2.17. The number of amides is 1. The van der Waals surface area contributed by atoms with Crippen LogP contribution in [0.3, 0.4) is 0 Å². The maximum absolute atomic E-state index is 12.2. The van der Waals surface area contributed by atoms with Crippen LogP contribution in [0.1, 0.15) is 21.5 Å². The Kier molecular flexibility index (Phi) is 5.33. The zero-order chi connectivity index (χ0) is 16.7. The zero-order valence-corrected chi connectivity index (χ0v) is 12.7. The van der Waals surface area contributed by atoms with Crippen molar-refractivity contribution in [2.75, 3.05) is 20.2 Å². The molecule has 0 radical (unpaired) electrons. The number of hydrogen-bond donors (Lipinski definition) is 0. The number of carbonyl (C=O) groups is 1. The monoisotopic (exact) mass is 305 g/mol. The van der Waals surface area contributed by atoms with Crippen molar-refractivity contribution in [3.63, 3.8) is 0 Å². The zero-order valence-electron chi connectivity index (χ0n) is 12.7. The van der Waals surface area contributed by atoms with Crippen molar-refractivity contribution in [2.45, 2.75) is 0 Å². The van der Waals surface area contributed by atoms with Gasteiger partial charge in [0, 0.05) is 12.6 Å². The van der Waals surface area contributed by atoms with Crippen LogP contribution < -0.4 is 4.74 Å². The van der Waals surface area contributed by atoms with Gasteiger partial charge in [-0.15, -0.1) is 0 Å². The van der Waals surface area contributed by atoms with Crippen molar-refractivity contribution in [1.29, 1.82) is 10.5 Å². The number of rotatable bonds is 5. The van der Waals surface area contributed by atoms with Crippen LogP contribution in [-0.2, 0) is 0 Å². The first-order chi connectivity index (χ1) is 11.1. The van der Waals surface area contributed by atoms with Gasteiger partial charge in [0.25, 0.3) is 5.91 Å². The molecule has 0 heterocycles. The average Bonchev–Trinajstić information content (AvgIpc) is 2.61. The van der Waals surface area contributed by atoms with Gasteiger partial charge >= 0.3 is 0 Å². The molecular formula is C18H15N3O2. The van der Waals surface area contributed by atoms with Gasteiger partial charge in [-0.2, -0.15) is 10.5 Å². The third kappa shape index (κ3) is 4.33. The Morgan fingerprint density at radius 1 is 1.09 bits per heavy atom. The van der Waals surface area contributed by atoms with Gasteiger partial charge < -0.3 is 9.64 Å². The molecule has 0 unspecified atom stereocenters. The normalized spacial score (nSPS) is 9.52. The fourth-order valence-electron chi connectivity index (χ4n) is 1.97.